The fourth-order valence-corrected chi connectivity index (χ4v) is 3.45. The van der Waals surface area contributed by atoms with Gasteiger partial charge in [-0.05, 0) is 30.2 Å². The summed E-state index contributed by atoms with van der Waals surface area (Å²) in [5, 5.41) is 3.46. The largest absolute Gasteiger partial charge is 0.348 e. The zero-order valence-electron chi connectivity index (χ0n) is 15.7. The predicted molar refractivity (Wildman–Crippen MR) is 107 cm³/mol. The third-order valence-electron chi connectivity index (χ3n) is 4.60. The number of nitrogens with one attached hydrogen (secondary N) is 2. The maximum atomic E-state index is 12.7. The molecule has 0 saturated carbocycles. The Hall–Kier alpha value is -2.37. The third-order valence-corrected chi connectivity index (χ3v) is 4.84. The van der Waals surface area contributed by atoms with Gasteiger partial charge in [0.05, 0.1) is 25.3 Å². The summed E-state index contributed by atoms with van der Waals surface area (Å²) in [6, 6.07) is 13.3. The van der Waals surface area contributed by atoms with E-state index in [-0.39, 0.29) is 11.8 Å². The lowest BCUT2D eigenvalue weighted by atomic mass is 10.1. The Morgan fingerprint density at radius 1 is 1.15 bits per heavy atom. The molecule has 1 fully saturated rings. The lowest BCUT2D eigenvalue weighted by Gasteiger charge is -2.20. The number of rotatable bonds is 6. The highest BCUT2D eigenvalue weighted by molar-refractivity contribution is 6.31. The smallest absolute Gasteiger partial charge is 0.253 e. The van der Waals surface area contributed by atoms with Gasteiger partial charge in [-0.2, -0.15) is 0 Å². The van der Waals surface area contributed by atoms with E-state index >= 15 is 0 Å². The highest BCUT2D eigenvalue weighted by Gasteiger charge is 2.26. The van der Waals surface area contributed by atoms with Gasteiger partial charge in [0.2, 0.25) is 5.91 Å². The minimum absolute atomic E-state index is 0.0323. The summed E-state index contributed by atoms with van der Waals surface area (Å²) in [4.78, 5) is 27.8. The summed E-state index contributed by atoms with van der Waals surface area (Å²) in [7, 11) is 4.23. The fraction of sp³-hybridized carbons (Fsp3) is 0.333. The average Bonchev–Trinajstić information content (AvgIpc) is 3.06. The van der Waals surface area contributed by atoms with Gasteiger partial charge < -0.3 is 15.1 Å². The Bertz CT molecular complexity index is 834. The molecular formula is C21H25ClN3O2+. The molecule has 1 aliphatic heterocycles. The Morgan fingerprint density at radius 2 is 1.85 bits per heavy atom. The van der Waals surface area contributed by atoms with E-state index in [4.69, 9.17) is 11.6 Å². The van der Waals surface area contributed by atoms with Crippen molar-refractivity contribution in [3.8, 4) is 0 Å². The van der Waals surface area contributed by atoms with Crippen molar-refractivity contribution in [1.82, 2.24) is 5.32 Å². The van der Waals surface area contributed by atoms with Crippen molar-refractivity contribution in [2.75, 3.05) is 25.5 Å². The number of benzene rings is 2. The highest BCUT2D eigenvalue weighted by atomic mass is 35.5. The fourth-order valence-electron chi connectivity index (χ4n) is 3.28. The summed E-state index contributed by atoms with van der Waals surface area (Å²) < 4.78 is 0. The number of hydrogen-bond donors (Lipinski definition) is 2. The Kier molecular flexibility index (Phi) is 6.14. The normalized spacial score (nSPS) is 14.1. The SMILES string of the molecule is C[NH+](C)Cc1ccc(CNC(=O)c2ccc(Cl)cc2N2CCCC2=O)cc1. The van der Waals surface area contributed by atoms with E-state index in [1.165, 1.54) is 10.5 Å². The van der Waals surface area contributed by atoms with Crippen LogP contribution in [-0.2, 0) is 17.9 Å². The van der Waals surface area contributed by atoms with Crippen LogP contribution >= 0.6 is 11.6 Å². The van der Waals surface area contributed by atoms with Gasteiger partial charge in [-0.1, -0.05) is 35.9 Å². The van der Waals surface area contributed by atoms with Crippen LogP contribution in [0.3, 0.4) is 0 Å². The molecule has 0 unspecified atom stereocenters. The number of amides is 2. The molecule has 1 aliphatic rings. The summed E-state index contributed by atoms with van der Waals surface area (Å²) in [5.41, 5.74) is 3.36. The van der Waals surface area contributed by atoms with Crippen molar-refractivity contribution in [2.45, 2.75) is 25.9 Å². The Balaban J connectivity index is 1.70. The van der Waals surface area contributed by atoms with Crippen LogP contribution < -0.4 is 15.1 Å². The van der Waals surface area contributed by atoms with Crippen molar-refractivity contribution in [3.05, 3.63) is 64.2 Å². The molecule has 0 spiro atoms. The van der Waals surface area contributed by atoms with Crippen LogP contribution in [-0.4, -0.2) is 32.5 Å². The van der Waals surface area contributed by atoms with Gasteiger partial charge in [-0.3, -0.25) is 9.59 Å². The molecule has 0 atom stereocenters. The summed E-state index contributed by atoms with van der Waals surface area (Å²) in [6.45, 7) is 2.02. The minimum atomic E-state index is -0.205. The molecular weight excluding hydrogens is 362 g/mol. The van der Waals surface area contributed by atoms with Gasteiger partial charge in [0.25, 0.3) is 5.91 Å². The molecule has 5 nitrogen and oxygen atoms in total. The van der Waals surface area contributed by atoms with Gasteiger partial charge >= 0.3 is 0 Å². The molecule has 2 aromatic carbocycles. The summed E-state index contributed by atoms with van der Waals surface area (Å²) >= 11 is 6.10. The van der Waals surface area contributed by atoms with Gasteiger partial charge in [0.15, 0.2) is 0 Å². The van der Waals surface area contributed by atoms with E-state index in [1.807, 2.05) is 12.1 Å². The van der Waals surface area contributed by atoms with E-state index < -0.39 is 0 Å². The van der Waals surface area contributed by atoms with Crippen LogP contribution in [0.15, 0.2) is 42.5 Å². The number of carbonyl (C=O) groups excluding carboxylic acids is 2. The van der Waals surface area contributed by atoms with Gasteiger partial charge in [-0.25, -0.2) is 0 Å². The van der Waals surface area contributed by atoms with Crippen LogP contribution in [0.25, 0.3) is 0 Å². The van der Waals surface area contributed by atoms with Crippen LogP contribution in [0.4, 0.5) is 5.69 Å². The van der Waals surface area contributed by atoms with Crippen molar-refractivity contribution < 1.29 is 14.5 Å². The maximum Gasteiger partial charge on any atom is 0.253 e. The predicted octanol–water partition coefficient (Wildman–Crippen LogP) is 2.04. The van der Waals surface area contributed by atoms with E-state index in [2.05, 4.69) is 31.5 Å². The zero-order chi connectivity index (χ0) is 19.4. The molecule has 3 rings (SSSR count). The first kappa shape index (κ1) is 19.4. The molecule has 2 amide bonds. The lowest BCUT2D eigenvalue weighted by Crippen LogP contribution is -3.04. The molecule has 2 aromatic rings. The van der Waals surface area contributed by atoms with Crippen LogP contribution in [0.2, 0.25) is 5.02 Å². The van der Waals surface area contributed by atoms with E-state index in [9.17, 15) is 9.59 Å². The summed E-state index contributed by atoms with van der Waals surface area (Å²) in [6.07, 6.45) is 1.31. The first-order valence-corrected chi connectivity index (χ1v) is 9.57. The lowest BCUT2D eigenvalue weighted by molar-refractivity contribution is -0.872. The van der Waals surface area contributed by atoms with Crippen molar-refractivity contribution in [3.63, 3.8) is 0 Å². The second-order valence-electron chi connectivity index (χ2n) is 7.19. The van der Waals surface area contributed by atoms with E-state index in [1.54, 1.807) is 23.1 Å². The van der Waals surface area contributed by atoms with Crippen molar-refractivity contribution >= 4 is 29.1 Å². The molecule has 2 N–H and O–H groups in total. The molecule has 1 heterocycles. The number of anilines is 1. The van der Waals surface area contributed by atoms with Gasteiger partial charge in [0.1, 0.15) is 6.54 Å². The summed E-state index contributed by atoms with van der Waals surface area (Å²) in [5.74, 6) is -0.173. The number of hydrogen-bond acceptors (Lipinski definition) is 2. The Labute approximate surface area is 164 Å². The van der Waals surface area contributed by atoms with Crippen LogP contribution in [0, 0.1) is 0 Å². The minimum Gasteiger partial charge on any atom is -0.348 e. The first-order chi connectivity index (χ1) is 12.9. The van der Waals surface area contributed by atoms with Crippen LogP contribution in [0.1, 0.15) is 34.3 Å². The van der Waals surface area contributed by atoms with Crippen LogP contribution in [0.5, 0.6) is 0 Å². The molecule has 0 bridgehead atoms. The maximum absolute atomic E-state index is 12.7. The second-order valence-corrected chi connectivity index (χ2v) is 7.63. The monoisotopic (exact) mass is 386 g/mol. The van der Waals surface area contributed by atoms with Gasteiger partial charge in [0, 0.05) is 30.1 Å². The highest BCUT2D eigenvalue weighted by Crippen LogP contribution is 2.28. The van der Waals surface area contributed by atoms with E-state index in [0.29, 0.717) is 35.8 Å². The number of quaternary nitrogens is 1. The molecule has 0 aliphatic carbocycles. The number of nitrogens with zero attached hydrogens (tertiary/aromatic N) is 1. The zero-order valence-corrected chi connectivity index (χ0v) is 16.5. The topological polar surface area (TPSA) is 53.9 Å². The first-order valence-electron chi connectivity index (χ1n) is 9.19. The molecule has 6 heteroatoms. The van der Waals surface area contributed by atoms with Crippen molar-refractivity contribution in [1.29, 1.82) is 0 Å². The molecule has 1 saturated heterocycles. The third kappa shape index (κ3) is 4.87. The molecule has 27 heavy (non-hydrogen) atoms. The number of halogens is 1. The van der Waals surface area contributed by atoms with Gasteiger partial charge in [-0.15, -0.1) is 0 Å². The van der Waals surface area contributed by atoms with Crippen molar-refractivity contribution in [2.24, 2.45) is 0 Å². The number of carbonyl (C=O) groups is 2. The van der Waals surface area contributed by atoms with E-state index in [0.717, 1.165) is 18.5 Å². The average molecular weight is 387 g/mol. The standard InChI is InChI=1S/C21H24ClN3O2/c1-24(2)14-16-7-5-15(6-8-16)13-23-21(27)18-10-9-17(22)12-19(18)25-11-3-4-20(25)26/h5-10,12H,3-4,11,13-14H2,1-2H3,(H,23,27)/p+1. The second kappa shape index (κ2) is 8.55. The Morgan fingerprint density at radius 3 is 2.48 bits per heavy atom. The molecule has 142 valence electrons. The quantitative estimate of drug-likeness (QED) is 0.798. The molecule has 0 radical (unpaired) electrons. The molecule has 0 aromatic heterocycles.